The predicted octanol–water partition coefficient (Wildman–Crippen LogP) is 7.04. The monoisotopic (exact) mass is 776 g/mol. The number of hydrogen-bond acceptors (Lipinski definition) is 8. The lowest BCUT2D eigenvalue weighted by Gasteiger charge is -2.49. The first kappa shape index (κ1) is 38.9. The zero-order valence-electron chi connectivity index (χ0n) is 31.2. The summed E-state index contributed by atoms with van der Waals surface area (Å²) in [5.41, 5.74) is 2.42. The van der Waals surface area contributed by atoms with Gasteiger partial charge in [-0.2, -0.15) is 0 Å². The van der Waals surface area contributed by atoms with Crippen LogP contribution in [-0.4, -0.2) is 53.7 Å². The molecule has 0 saturated heterocycles. The van der Waals surface area contributed by atoms with E-state index in [0.717, 1.165) is 0 Å². The zero-order chi connectivity index (χ0) is 40.4. The van der Waals surface area contributed by atoms with Gasteiger partial charge in [0.2, 0.25) is 24.3 Å². The minimum Gasteiger partial charge on any atom is -0.481 e. The van der Waals surface area contributed by atoms with Crippen LogP contribution in [0, 0.1) is 23.7 Å². The molecule has 0 spiro atoms. The van der Waals surface area contributed by atoms with Crippen molar-refractivity contribution in [3.63, 3.8) is 0 Å². The number of rotatable bonds is 16. The first-order valence-corrected chi connectivity index (χ1v) is 18.7. The summed E-state index contributed by atoms with van der Waals surface area (Å²) in [7, 11) is 0. The van der Waals surface area contributed by atoms with Gasteiger partial charge in [0.15, 0.2) is 0 Å². The van der Waals surface area contributed by atoms with Crippen molar-refractivity contribution < 1.29 is 38.9 Å². The van der Waals surface area contributed by atoms with Crippen LogP contribution in [-0.2, 0) is 32.3 Å². The Morgan fingerprint density at radius 2 is 0.776 bits per heavy atom. The summed E-state index contributed by atoms with van der Waals surface area (Å²) in [5, 5.41) is 21.3. The molecule has 0 bridgehead atoms. The Morgan fingerprint density at radius 1 is 0.466 bits per heavy atom. The third-order valence-electron chi connectivity index (χ3n) is 10.2. The first-order chi connectivity index (χ1) is 28.3. The number of carbonyl (C=O) groups is 4. The van der Waals surface area contributed by atoms with Crippen molar-refractivity contribution in [2.75, 3.05) is 0 Å². The molecular formula is C46H40N4O8. The quantitative estimate of drug-likeness (QED) is 0.0977. The molecule has 0 aliphatic heterocycles. The van der Waals surface area contributed by atoms with Crippen molar-refractivity contribution in [1.82, 2.24) is 19.8 Å². The van der Waals surface area contributed by atoms with E-state index in [1.54, 1.807) is 146 Å². The zero-order valence-corrected chi connectivity index (χ0v) is 31.2. The van der Waals surface area contributed by atoms with E-state index in [2.05, 4.69) is 9.97 Å². The van der Waals surface area contributed by atoms with Crippen molar-refractivity contribution in [2.24, 2.45) is 23.7 Å². The highest BCUT2D eigenvalue weighted by atomic mass is 16.5. The molecule has 1 fully saturated rings. The fraction of sp³-hybridized carbons (Fsp3) is 0.174. The van der Waals surface area contributed by atoms with Crippen LogP contribution in [0.5, 0.6) is 11.5 Å². The molecule has 58 heavy (non-hydrogen) atoms. The van der Waals surface area contributed by atoms with Gasteiger partial charge in [-0.3, -0.25) is 38.9 Å². The van der Waals surface area contributed by atoms with Crippen LogP contribution in [0.1, 0.15) is 34.7 Å². The van der Waals surface area contributed by atoms with Crippen molar-refractivity contribution in [3.8, 4) is 11.5 Å². The van der Waals surface area contributed by atoms with Crippen LogP contribution in [0.15, 0.2) is 170 Å². The molecule has 12 heteroatoms. The lowest BCUT2D eigenvalue weighted by molar-refractivity contribution is -0.193. The van der Waals surface area contributed by atoms with Gasteiger partial charge in [-0.15, -0.1) is 0 Å². The van der Waals surface area contributed by atoms with Gasteiger partial charge in [-0.05, 0) is 59.7 Å². The number of para-hydroxylation sites is 2. The third-order valence-corrected chi connectivity index (χ3v) is 10.2. The van der Waals surface area contributed by atoms with Gasteiger partial charge in [0.05, 0.1) is 23.7 Å². The number of pyridine rings is 2. The van der Waals surface area contributed by atoms with E-state index in [1.807, 2.05) is 24.3 Å². The summed E-state index contributed by atoms with van der Waals surface area (Å²) in [6, 6.07) is 42.4. The van der Waals surface area contributed by atoms with Crippen LogP contribution < -0.4 is 9.47 Å². The molecule has 292 valence electrons. The molecule has 0 radical (unpaired) electrons. The smallest absolute Gasteiger partial charge is 0.308 e. The number of carboxylic acid groups (broad SMARTS) is 2. The Labute approximate surface area is 335 Å². The lowest BCUT2D eigenvalue weighted by atomic mass is 9.55. The van der Waals surface area contributed by atoms with E-state index in [0.29, 0.717) is 33.8 Å². The molecule has 6 aromatic rings. The topological polar surface area (TPSA) is 159 Å². The van der Waals surface area contributed by atoms with Crippen molar-refractivity contribution in [3.05, 3.63) is 193 Å². The van der Waals surface area contributed by atoms with Gasteiger partial charge in [-0.25, -0.2) is 0 Å². The summed E-state index contributed by atoms with van der Waals surface area (Å²) in [6.45, 7) is -0.167. The second kappa shape index (κ2) is 18.1. The summed E-state index contributed by atoms with van der Waals surface area (Å²) in [4.78, 5) is 68.0. The Kier molecular flexibility index (Phi) is 12.1. The van der Waals surface area contributed by atoms with Gasteiger partial charge < -0.3 is 19.7 Å². The van der Waals surface area contributed by atoms with E-state index < -0.39 is 59.9 Å². The predicted molar refractivity (Wildman–Crippen MR) is 211 cm³/mol. The molecule has 6 atom stereocenters. The molecule has 2 aromatic heterocycles. The van der Waals surface area contributed by atoms with Crippen LogP contribution >= 0.6 is 0 Å². The maximum Gasteiger partial charge on any atom is 0.308 e. The highest BCUT2D eigenvalue weighted by Gasteiger charge is 2.65. The maximum absolute atomic E-state index is 15.4. The summed E-state index contributed by atoms with van der Waals surface area (Å²) in [5.74, 6) is -10.5. The summed E-state index contributed by atoms with van der Waals surface area (Å²) >= 11 is 0. The number of hydrogen-bond donors (Lipinski definition) is 2. The first-order valence-electron chi connectivity index (χ1n) is 18.7. The number of aromatic nitrogens is 2. The second-order valence-corrected chi connectivity index (χ2v) is 13.8. The van der Waals surface area contributed by atoms with Gasteiger partial charge >= 0.3 is 11.9 Å². The number of amides is 2. The highest BCUT2D eigenvalue weighted by molar-refractivity contribution is 6.00. The molecule has 4 aromatic carbocycles. The third kappa shape index (κ3) is 8.71. The van der Waals surface area contributed by atoms with Crippen LogP contribution in [0.3, 0.4) is 0 Å². The molecule has 2 unspecified atom stereocenters. The second-order valence-electron chi connectivity index (χ2n) is 13.8. The number of aliphatic carboxylic acids is 2. The van der Waals surface area contributed by atoms with Crippen LogP contribution in [0.25, 0.3) is 0 Å². The Morgan fingerprint density at radius 3 is 1.09 bits per heavy atom. The van der Waals surface area contributed by atoms with Crippen molar-refractivity contribution in [2.45, 2.75) is 25.5 Å². The Balaban J connectivity index is 1.36. The average molecular weight is 777 g/mol. The van der Waals surface area contributed by atoms with Crippen molar-refractivity contribution >= 4 is 23.8 Å². The van der Waals surface area contributed by atoms with E-state index in [4.69, 9.17) is 9.47 Å². The average Bonchev–Trinajstić information content (AvgIpc) is 3.24. The highest BCUT2D eigenvalue weighted by Crippen LogP contribution is 2.50. The molecule has 1 aliphatic rings. The normalized spacial score (nSPS) is 18.1. The number of ether oxygens (including phenoxy) is 2. The standard InChI is InChI=1S/C46H40N4O8/c51-41(49(29-31-21-25-47-26-22-31)43(33-13-5-1-6-14-33)57-35-17-9-3-10-18-35)37-38(40(46(55)56)39(37)45(53)54)42(52)50(30-32-23-27-48-28-24-32)44(34-15-7-2-8-16-34)58-36-19-11-4-12-20-36/h1-28,37-40,43-44H,29-30H2,(H,53,54)(H,55,56)/t37-,38-,39-,40-,43?,44?/m1/s1. The van der Waals surface area contributed by atoms with Crippen molar-refractivity contribution in [1.29, 1.82) is 0 Å². The largest absolute Gasteiger partial charge is 0.481 e. The molecular weight excluding hydrogens is 737 g/mol. The fourth-order valence-corrected chi connectivity index (χ4v) is 7.40. The number of carbonyl (C=O) groups excluding carboxylic acids is 2. The van der Waals surface area contributed by atoms with E-state index >= 15 is 9.59 Å². The molecule has 1 aliphatic carbocycles. The maximum atomic E-state index is 15.4. The number of benzene rings is 4. The molecule has 12 nitrogen and oxygen atoms in total. The molecule has 7 rings (SSSR count). The molecule has 1 saturated carbocycles. The molecule has 2 amide bonds. The van der Waals surface area contributed by atoms with E-state index in [9.17, 15) is 19.8 Å². The SMILES string of the molecule is O=C(O)[C@H]1[C@H](C(=O)O)[C@H](C(=O)N(Cc2ccncc2)C(Oc2ccccc2)c2ccccc2)[C@H]1C(=O)N(Cc1ccncc1)C(Oc1ccccc1)c1ccccc1. The Bertz CT molecular complexity index is 2120. The summed E-state index contributed by atoms with van der Waals surface area (Å²) in [6.07, 6.45) is 4.03. The number of nitrogens with zero attached hydrogens (tertiary/aromatic N) is 4. The van der Waals surface area contributed by atoms with Crippen LogP contribution in [0.2, 0.25) is 0 Å². The Hall–Kier alpha value is -7.34. The van der Waals surface area contributed by atoms with Gasteiger partial charge in [0.1, 0.15) is 11.5 Å². The molecule has 2 N–H and O–H groups in total. The van der Waals surface area contributed by atoms with E-state index in [1.165, 1.54) is 9.80 Å². The number of carboxylic acids is 2. The molecule has 2 heterocycles. The van der Waals surface area contributed by atoms with Gasteiger partial charge in [-0.1, -0.05) is 97.1 Å². The minimum atomic E-state index is -1.75. The fourth-order valence-electron chi connectivity index (χ4n) is 7.40. The minimum absolute atomic E-state index is 0.0836. The lowest BCUT2D eigenvalue weighted by Crippen LogP contribution is -2.64. The van der Waals surface area contributed by atoms with Gasteiger partial charge in [0, 0.05) is 49.0 Å². The summed E-state index contributed by atoms with van der Waals surface area (Å²) < 4.78 is 13.1. The van der Waals surface area contributed by atoms with Crippen LogP contribution in [0.4, 0.5) is 0 Å². The van der Waals surface area contributed by atoms with E-state index in [-0.39, 0.29) is 13.1 Å². The van der Waals surface area contributed by atoms with Gasteiger partial charge in [0.25, 0.3) is 0 Å².